The van der Waals surface area contributed by atoms with Crippen LogP contribution in [0.5, 0.6) is 0 Å². The number of carbonyl (C=O) groups is 2. The van der Waals surface area contributed by atoms with E-state index in [1.54, 1.807) is 27.7 Å². The van der Waals surface area contributed by atoms with Gasteiger partial charge < -0.3 is 9.47 Å². The molecule has 1 amide bonds. The van der Waals surface area contributed by atoms with Crippen LogP contribution in [0.1, 0.15) is 87.5 Å². The van der Waals surface area contributed by atoms with Gasteiger partial charge in [-0.2, -0.15) is 12.7 Å². The number of ether oxygens (including phenoxy) is 2. The zero-order chi connectivity index (χ0) is 22.5. The molecule has 0 atom stereocenters. The largest absolute Gasteiger partial charge is 0.462 e. The van der Waals surface area contributed by atoms with Gasteiger partial charge in [-0.25, -0.2) is 9.59 Å². The first-order valence-corrected chi connectivity index (χ1v) is 11.1. The highest BCUT2D eigenvalue weighted by Gasteiger charge is 2.35. The average Bonchev–Trinajstić information content (AvgIpc) is 2.57. The molecule has 0 aromatic rings. The normalized spacial score (nSPS) is 12.3. The van der Waals surface area contributed by atoms with Gasteiger partial charge in [0.05, 0.1) is 17.9 Å². The van der Waals surface area contributed by atoms with Crippen LogP contribution in [0, 0.1) is 0 Å². The van der Waals surface area contributed by atoms with Gasteiger partial charge in [0.25, 0.3) is 0 Å². The molecule has 0 aliphatic carbocycles. The number of hydrogen-bond donors (Lipinski definition) is 1. The predicted octanol–water partition coefficient (Wildman–Crippen LogP) is 4.86. The average molecular weight is 424 g/mol. The van der Waals surface area contributed by atoms with Crippen molar-refractivity contribution in [2.75, 3.05) is 6.61 Å². The molecule has 0 saturated heterocycles. The molecule has 28 heavy (non-hydrogen) atoms. The van der Waals surface area contributed by atoms with E-state index in [1.165, 1.54) is 6.92 Å². The summed E-state index contributed by atoms with van der Waals surface area (Å²) in [4.78, 5) is 24.4. The van der Waals surface area contributed by atoms with Crippen molar-refractivity contribution in [1.29, 1.82) is 0 Å². The number of rotatable bonds is 9. The maximum atomic E-state index is 12.2. The van der Waals surface area contributed by atoms with Gasteiger partial charge in [0.1, 0.15) is 5.60 Å². The van der Waals surface area contributed by atoms with E-state index < -0.39 is 28.0 Å². The summed E-state index contributed by atoms with van der Waals surface area (Å²) < 4.78 is 43.1. The van der Waals surface area contributed by atoms with Crippen molar-refractivity contribution in [3.63, 3.8) is 0 Å². The van der Waals surface area contributed by atoms with Crippen LogP contribution in [0.2, 0.25) is 0 Å². The van der Waals surface area contributed by atoms with Crippen LogP contribution in [0.4, 0.5) is 4.79 Å². The van der Waals surface area contributed by atoms with Crippen LogP contribution >= 0.6 is 0 Å². The molecule has 0 spiro atoms. The molecule has 0 aromatic carbocycles. The third kappa shape index (κ3) is 11.3. The third-order valence-corrected chi connectivity index (χ3v) is 4.17. The summed E-state index contributed by atoms with van der Waals surface area (Å²) in [7, 11) is -4.97. The van der Waals surface area contributed by atoms with Crippen molar-refractivity contribution in [3.05, 3.63) is 11.3 Å². The minimum atomic E-state index is -4.97. The molecule has 0 heterocycles. The monoisotopic (exact) mass is 423 g/mol. The molecular formula is C19H37NO7S. The van der Waals surface area contributed by atoms with Crippen molar-refractivity contribution in [2.45, 2.75) is 93.1 Å². The van der Waals surface area contributed by atoms with Gasteiger partial charge in [0, 0.05) is 0 Å². The van der Waals surface area contributed by atoms with Crippen molar-refractivity contribution in [2.24, 2.45) is 0 Å². The number of carbonyl (C=O) groups excluding carboxylic acids is 2. The summed E-state index contributed by atoms with van der Waals surface area (Å²) in [5.41, 5.74) is -1.25. The fourth-order valence-electron chi connectivity index (χ4n) is 2.13. The molecular weight excluding hydrogens is 386 g/mol. The molecule has 0 radical (unpaired) electrons. The summed E-state index contributed by atoms with van der Waals surface area (Å²) in [5.74, 6) is -0.740. The lowest BCUT2D eigenvalue weighted by Gasteiger charge is -2.27. The Bertz CT molecular complexity index is 619. The topological polar surface area (TPSA) is 110 Å². The lowest BCUT2D eigenvalue weighted by atomic mass is 10.2. The maximum absolute atomic E-state index is 12.2. The van der Waals surface area contributed by atoms with E-state index in [-0.39, 0.29) is 28.6 Å². The number of amides is 1. The van der Waals surface area contributed by atoms with Crippen molar-refractivity contribution in [3.8, 4) is 0 Å². The Labute approximate surface area is 170 Å². The quantitative estimate of drug-likeness (QED) is 0.244. The van der Waals surface area contributed by atoms with Gasteiger partial charge in [-0.05, 0) is 40.5 Å². The molecule has 0 aliphatic heterocycles. The molecule has 0 rings (SSSR count). The highest BCUT2D eigenvalue weighted by Crippen LogP contribution is 2.22. The second kappa shape index (κ2) is 13.5. The summed E-state index contributed by atoms with van der Waals surface area (Å²) in [6.45, 7) is 13.8. The second-order valence-corrected chi connectivity index (χ2v) is 8.11. The molecule has 166 valence electrons. The van der Waals surface area contributed by atoms with Gasteiger partial charge in [0.15, 0.2) is 0 Å². The standard InChI is InChI=1S/C17H31NO7S.C2H6/c1-7-9-10-11-12-24-15(19)13(3)14(8-2)18(26(21,22)23)16(20)25-17(4,5)6;1-2/h7-12H2,1-6H3,(H,21,22,23);1-2H3. The van der Waals surface area contributed by atoms with E-state index in [9.17, 15) is 22.6 Å². The van der Waals surface area contributed by atoms with E-state index in [4.69, 9.17) is 9.47 Å². The first-order chi connectivity index (χ1) is 12.8. The highest BCUT2D eigenvalue weighted by molar-refractivity contribution is 7.84. The van der Waals surface area contributed by atoms with E-state index in [0.29, 0.717) is 6.42 Å². The van der Waals surface area contributed by atoms with Gasteiger partial charge in [-0.1, -0.05) is 47.0 Å². The van der Waals surface area contributed by atoms with Crippen LogP contribution < -0.4 is 0 Å². The van der Waals surface area contributed by atoms with Gasteiger partial charge in [0.2, 0.25) is 0 Å². The number of unbranched alkanes of at least 4 members (excludes halogenated alkanes) is 3. The Morgan fingerprint density at radius 2 is 1.57 bits per heavy atom. The molecule has 0 saturated carbocycles. The highest BCUT2D eigenvalue weighted by atomic mass is 32.2. The zero-order valence-electron chi connectivity index (χ0n) is 18.5. The van der Waals surface area contributed by atoms with Gasteiger partial charge >= 0.3 is 22.4 Å². The van der Waals surface area contributed by atoms with E-state index >= 15 is 0 Å². The van der Waals surface area contributed by atoms with Gasteiger partial charge in [-0.15, -0.1) is 0 Å². The molecule has 8 nitrogen and oxygen atoms in total. The molecule has 0 aromatic heterocycles. The summed E-state index contributed by atoms with van der Waals surface area (Å²) in [6.07, 6.45) is 2.40. The minimum absolute atomic E-state index is 0.00417. The Morgan fingerprint density at radius 1 is 1.04 bits per heavy atom. The zero-order valence-corrected chi connectivity index (χ0v) is 19.3. The SMILES string of the molecule is CC.CCCCCCOC(=O)C(C)=C(CC)N(C(=O)OC(C)(C)C)S(=O)(=O)O. The van der Waals surface area contributed by atoms with E-state index in [2.05, 4.69) is 6.92 Å². The lowest BCUT2D eigenvalue weighted by molar-refractivity contribution is -0.139. The third-order valence-electron chi connectivity index (χ3n) is 3.34. The predicted molar refractivity (Wildman–Crippen MR) is 109 cm³/mol. The molecule has 0 unspecified atom stereocenters. The van der Waals surface area contributed by atoms with Crippen LogP contribution in [0.25, 0.3) is 0 Å². The Morgan fingerprint density at radius 3 is 1.96 bits per heavy atom. The smallest absolute Gasteiger partial charge is 0.430 e. The minimum Gasteiger partial charge on any atom is -0.462 e. The lowest BCUT2D eigenvalue weighted by Crippen LogP contribution is -2.40. The number of hydrogen-bond acceptors (Lipinski definition) is 6. The molecule has 1 N–H and O–H groups in total. The second-order valence-electron chi connectivity index (χ2n) is 6.84. The summed E-state index contributed by atoms with van der Waals surface area (Å²) in [6, 6.07) is 0. The van der Waals surface area contributed by atoms with Gasteiger partial charge in [-0.3, -0.25) is 4.55 Å². The Kier molecular flexibility index (Phi) is 13.8. The number of allylic oxidation sites excluding steroid dienone is 1. The summed E-state index contributed by atoms with van der Waals surface area (Å²) >= 11 is 0. The van der Waals surface area contributed by atoms with Crippen LogP contribution in [-0.2, 0) is 24.6 Å². The number of esters is 1. The first-order valence-electron chi connectivity index (χ1n) is 9.72. The molecule has 0 fully saturated rings. The van der Waals surface area contributed by atoms with Crippen LogP contribution in [0.3, 0.4) is 0 Å². The Balaban J connectivity index is 0. The number of nitrogens with zero attached hydrogens (tertiary/aromatic N) is 1. The fourth-order valence-corrected chi connectivity index (χ4v) is 2.90. The summed E-state index contributed by atoms with van der Waals surface area (Å²) in [5, 5.41) is 0. The maximum Gasteiger partial charge on any atom is 0.430 e. The van der Waals surface area contributed by atoms with Crippen molar-refractivity contribution >= 4 is 22.4 Å². The van der Waals surface area contributed by atoms with Crippen LogP contribution in [0.15, 0.2) is 11.3 Å². The van der Waals surface area contributed by atoms with Crippen molar-refractivity contribution < 1.29 is 32.0 Å². The Hall–Kier alpha value is -1.61. The van der Waals surface area contributed by atoms with E-state index in [0.717, 1.165) is 19.3 Å². The van der Waals surface area contributed by atoms with Crippen LogP contribution in [-0.4, -0.2) is 41.5 Å². The first kappa shape index (κ1) is 28.6. The molecule has 0 aliphatic rings. The molecule has 0 bridgehead atoms. The van der Waals surface area contributed by atoms with Crippen molar-refractivity contribution in [1.82, 2.24) is 4.31 Å². The fraction of sp³-hybridized carbons (Fsp3) is 0.789. The molecule has 9 heteroatoms. The van der Waals surface area contributed by atoms with E-state index in [1.807, 2.05) is 13.8 Å².